The van der Waals surface area contributed by atoms with Gasteiger partial charge in [0.05, 0.1) is 18.7 Å². The molecule has 2 aliphatic heterocycles. The number of carbonyl (C=O) groups excluding carboxylic acids is 1. The Morgan fingerprint density at radius 1 is 0.788 bits per heavy atom. The molecule has 33 heavy (non-hydrogen) atoms. The highest BCUT2D eigenvalue weighted by atomic mass is 16.3. The average Bonchev–Trinajstić information content (AvgIpc) is 2.87. The van der Waals surface area contributed by atoms with Crippen molar-refractivity contribution in [1.29, 1.82) is 0 Å². The number of benzene rings is 3. The molecule has 0 aliphatic carbocycles. The molecule has 0 aromatic heterocycles. The van der Waals surface area contributed by atoms with Crippen LogP contribution in [0.15, 0.2) is 91.0 Å². The second-order valence-electron chi connectivity index (χ2n) is 9.02. The molecule has 0 radical (unpaired) electrons. The largest absolute Gasteiger partial charge is 0.395 e. The van der Waals surface area contributed by atoms with Crippen LogP contribution >= 0.6 is 0 Å². The Bertz CT molecular complexity index is 999. The van der Waals surface area contributed by atoms with E-state index in [1.165, 1.54) is 11.1 Å². The summed E-state index contributed by atoms with van der Waals surface area (Å²) in [6.45, 7) is 4.04. The van der Waals surface area contributed by atoms with Crippen LogP contribution in [0.2, 0.25) is 0 Å². The van der Waals surface area contributed by atoms with E-state index in [-0.39, 0.29) is 24.6 Å². The van der Waals surface area contributed by atoms with Crippen molar-refractivity contribution >= 4 is 5.91 Å². The highest BCUT2D eigenvalue weighted by molar-refractivity contribution is 5.94. The second-order valence-corrected chi connectivity index (χ2v) is 9.02. The Morgan fingerprint density at radius 2 is 1.33 bits per heavy atom. The Labute approximate surface area is 195 Å². The molecule has 2 aliphatic rings. The van der Waals surface area contributed by atoms with Gasteiger partial charge in [-0.15, -0.1) is 0 Å². The number of piperazine rings is 1. The van der Waals surface area contributed by atoms with E-state index in [2.05, 4.69) is 70.5 Å². The van der Waals surface area contributed by atoms with Crippen molar-refractivity contribution in [3.05, 3.63) is 108 Å². The van der Waals surface area contributed by atoms with Crippen LogP contribution in [0.25, 0.3) is 0 Å². The highest BCUT2D eigenvalue weighted by Gasteiger charge is 2.41. The van der Waals surface area contributed by atoms with Crippen LogP contribution < -0.4 is 0 Å². The first kappa shape index (κ1) is 21.8. The fourth-order valence-corrected chi connectivity index (χ4v) is 5.25. The SMILES string of the molecule is O=C(c1ccccc1)N1CCN(C2CN(C(c3ccccc3)c3ccccc3)C2)C(CO)C1. The molecule has 1 atom stereocenters. The summed E-state index contributed by atoms with van der Waals surface area (Å²) in [6.07, 6.45) is 0. The van der Waals surface area contributed by atoms with E-state index in [1.807, 2.05) is 35.2 Å². The van der Waals surface area contributed by atoms with Gasteiger partial charge in [0.1, 0.15) is 0 Å². The molecular formula is C28H31N3O2. The Morgan fingerprint density at radius 3 is 1.88 bits per heavy atom. The van der Waals surface area contributed by atoms with Gasteiger partial charge < -0.3 is 10.0 Å². The molecule has 0 bridgehead atoms. The van der Waals surface area contributed by atoms with E-state index in [4.69, 9.17) is 0 Å². The van der Waals surface area contributed by atoms with Crippen molar-refractivity contribution in [1.82, 2.24) is 14.7 Å². The summed E-state index contributed by atoms with van der Waals surface area (Å²) >= 11 is 0. The summed E-state index contributed by atoms with van der Waals surface area (Å²) in [5.41, 5.74) is 3.32. The highest BCUT2D eigenvalue weighted by Crippen LogP contribution is 2.34. The number of aliphatic hydroxyl groups is 1. The Kier molecular flexibility index (Phi) is 6.53. The quantitative estimate of drug-likeness (QED) is 0.638. The maximum absolute atomic E-state index is 12.9. The van der Waals surface area contributed by atoms with Gasteiger partial charge in [-0.1, -0.05) is 78.9 Å². The first-order chi connectivity index (χ1) is 16.2. The van der Waals surface area contributed by atoms with Gasteiger partial charge in [-0.2, -0.15) is 0 Å². The second kappa shape index (κ2) is 9.87. The van der Waals surface area contributed by atoms with Crippen LogP contribution in [0.3, 0.4) is 0 Å². The lowest BCUT2D eigenvalue weighted by molar-refractivity contribution is -0.0478. The van der Waals surface area contributed by atoms with Crippen molar-refractivity contribution in [3.63, 3.8) is 0 Å². The Balaban J connectivity index is 1.26. The topological polar surface area (TPSA) is 47.0 Å². The van der Waals surface area contributed by atoms with Crippen molar-refractivity contribution in [2.24, 2.45) is 0 Å². The van der Waals surface area contributed by atoms with Crippen molar-refractivity contribution in [3.8, 4) is 0 Å². The van der Waals surface area contributed by atoms with Gasteiger partial charge in [-0.05, 0) is 23.3 Å². The smallest absolute Gasteiger partial charge is 0.253 e. The monoisotopic (exact) mass is 441 g/mol. The van der Waals surface area contributed by atoms with Gasteiger partial charge in [0.15, 0.2) is 0 Å². The molecule has 0 spiro atoms. The maximum atomic E-state index is 12.9. The normalized spacial score (nSPS) is 20.1. The number of rotatable bonds is 6. The molecule has 2 saturated heterocycles. The lowest BCUT2D eigenvalue weighted by atomic mass is 9.92. The first-order valence-electron chi connectivity index (χ1n) is 11.8. The van der Waals surface area contributed by atoms with Crippen molar-refractivity contribution in [2.45, 2.75) is 18.1 Å². The third-order valence-corrected chi connectivity index (χ3v) is 7.00. The Hall–Kier alpha value is -2.99. The summed E-state index contributed by atoms with van der Waals surface area (Å²) < 4.78 is 0. The van der Waals surface area contributed by atoms with E-state index in [9.17, 15) is 9.90 Å². The van der Waals surface area contributed by atoms with Crippen molar-refractivity contribution in [2.75, 3.05) is 39.3 Å². The van der Waals surface area contributed by atoms with E-state index >= 15 is 0 Å². The fourth-order valence-electron chi connectivity index (χ4n) is 5.25. The summed E-state index contributed by atoms with van der Waals surface area (Å²) in [7, 11) is 0. The van der Waals surface area contributed by atoms with Crippen LogP contribution in [-0.2, 0) is 0 Å². The van der Waals surface area contributed by atoms with Crippen LogP contribution in [0.4, 0.5) is 0 Å². The van der Waals surface area contributed by atoms with E-state index in [0.29, 0.717) is 24.7 Å². The van der Waals surface area contributed by atoms with E-state index in [0.717, 1.165) is 19.6 Å². The number of likely N-dealkylation sites (tertiary alicyclic amines) is 1. The molecule has 5 rings (SSSR count). The van der Waals surface area contributed by atoms with Gasteiger partial charge in [0, 0.05) is 44.3 Å². The molecule has 5 heteroatoms. The minimum atomic E-state index is -0.0227. The average molecular weight is 442 g/mol. The molecule has 0 saturated carbocycles. The number of carbonyl (C=O) groups is 1. The first-order valence-corrected chi connectivity index (χ1v) is 11.8. The number of hydrogen-bond donors (Lipinski definition) is 1. The van der Waals surface area contributed by atoms with Crippen LogP contribution in [0.5, 0.6) is 0 Å². The lowest BCUT2D eigenvalue weighted by Crippen LogP contribution is -2.67. The summed E-state index contributed by atoms with van der Waals surface area (Å²) in [4.78, 5) is 19.7. The van der Waals surface area contributed by atoms with Gasteiger partial charge in [-0.25, -0.2) is 0 Å². The molecule has 2 fully saturated rings. The van der Waals surface area contributed by atoms with Crippen LogP contribution in [-0.4, -0.2) is 77.1 Å². The number of hydrogen-bond acceptors (Lipinski definition) is 4. The fraction of sp³-hybridized carbons (Fsp3) is 0.321. The standard InChI is InChI=1S/C28H31N3O2/c32-21-26-20-29(28(33)24-14-8-3-9-15-24)16-17-31(26)25-18-30(19-25)27(22-10-4-1-5-11-22)23-12-6-2-7-13-23/h1-15,25-27,32H,16-21H2. The maximum Gasteiger partial charge on any atom is 0.253 e. The number of aliphatic hydroxyl groups excluding tert-OH is 1. The third-order valence-electron chi connectivity index (χ3n) is 7.00. The molecule has 3 aromatic carbocycles. The molecule has 2 heterocycles. The lowest BCUT2D eigenvalue weighted by Gasteiger charge is -2.53. The molecule has 1 N–H and O–H groups in total. The summed E-state index contributed by atoms with van der Waals surface area (Å²) in [5.74, 6) is 0.0529. The molecule has 3 aromatic rings. The number of amides is 1. The molecule has 170 valence electrons. The van der Waals surface area contributed by atoms with E-state index < -0.39 is 0 Å². The predicted molar refractivity (Wildman–Crippen MR) is 130 cm³/mol. The van der Waals surface area contributed by atoms with Crippen LogP contribution in [0.1, 0.15) is 27.5 Å². The van der Waals surface area contributed by atoms with Gasteiger partial charge in [-0.3, -0.25) is 14.6 Å². The van der Waals surface area contributed by atoms with E-state index in [1.54, 1.807) is 0 Å². The van der Waals surface area contributed by atoms with Crippen molar-refractivity contribution < 1.29 is 9.90 Å². The van der Waals surface area contributed by atoms with Gasteiger partial charge >= 0.3 is 0 Å². The predicted octanol–water partition coefficient (Wildman–Crippen LogP) is 3.28. The summed E-state index contributed by atoms with van der Waals surface area (Å²) in [5, 5.41) is 10.1. The summed E-state index contributed by atoms with van der Waals surface area (Å²) in [6, 6.07) is 31.4. The molecule has 1 unspecified atom stereocenters. The number of nitrogens with zero attached hydrogens (tertiary/aromatic N) is 3. The minimum absolute atomic E-state index is 0.0227. The van der Waals surface area contributed by atoms with Gasteiger partial charge in [0.25, 0.3) is 5.91 Å². The zero-order valence-electron chi connectivity index (χ0n) is 18.8. The third kappa shape index (κ3) is 4.58. The minimum Gasteiger partial charge on any atom is -0.395 e. The zero-order chi connectivity index (χ0) is 22.6. The van der Waals surface area contributed by atoms with Gasteiger partial charge in [0.2, 0.25) is 0 Å². The molecule has 5 nitrogen and oxygen atoms in total. The molecule has 1 amide bonds. The molecular weight excluding hydrogens is 410 g/mol. The zero-order valence-corrected chi connectivity index (χ0v) is 18.8. The van der Waals surface area contributed by atoms with Crippen LogP contribution in [0, 0.1) is 0 Å².